The first kappa shape index (κ1) is 13.1. The lowest BCUT2D eigenvalue weighted by Crippen LogP contribution is -2.07. The van der Waals surface area contributed by atoms with Gasteiger partial charge in [0.1, 0.15) is 6.61 Å². The minimum absolute atomic E-state index is 0.173. The van der Waals surface area contributed by atoms with Crippen molar-refractivity contribution in [1.29, 1.82) is 0 Å². The molecule has 0 radical (unpaired) electrons. The van der Waals surface area contributed by atoms with Gasteiger partial charge in [-0.25, -0.2) is 0 Å². The molecule has 0 saturated heterocycles. The maximum Gasteiger partial charge on any atom is 0.316 e. The zero-order valence-corrected chi connectivity index (χ0v) is 9.91. The summed E-state index contributed by atoms with van der Waals surface area (Å²) in [6, 6.07) is 9.60. The van der Waals surface area contributed by atoms with Crippen molar-refractivity contribution < 1.29 is 14.6 Å². The fraction of sp³-hybridized carbons (Fsp3) is 0.417. The molecular weight excluding hydrogens is 224 g/mol. The molecule has 0 aromatic heterocycles. The van der Waals surface area contributed by atoms with Crippen LogP contribution in [-0.2, 0) is 16.1 Å². The van der Waals surface area contributed by atoms with E-state index in [4.69, 9.17) is 9.84 Å². The van der Waals surface area contributed by atoms with Crippen LogP contribution in [-0.4, -0.2) is 29.2 Å². The number of carbonyl (C=O) groups is 1. The van der Waals surface area contributed by atoms with Crippen LogP contribution in [0.1, 0.15) is 12.0 Å². The van der Waals surface area contributed by atoms with E-state index in [1.807, 2.05) is 30.3 Å². The van der Waals surface area contributed by atoms with Gasteiger partial charge in [0.25, 0.3) is 0 Å². The Balaban J connectivity index is 2.11. The average Bonchev–Trinajstić information content (AvgIpc) is 2.33. The number of ether oxygens (including phenoxy) is 1. The quantitative estimate of drug-likeness (QED) is 0.583. The second-order valence-electron chi connectivity index (χ2n) is 3.28. The molecule has 0 aliphatic heterocycles. The third kappa shape index (κ3) is 5.78. The minimum Gasteiger partial charge on any atom is -0.460 e. The van der Waals surface area contributed by atoms with Gasteiger partial charge in [0.15, 0.2) is 0 Å². The second-order valence-corrected chi connectivity index (χ2v) is 4.38. The molecule has 4 heteroatoms. The van der Waals surface area contributed by atoms with Gasteiger partial charge < -0.3 is 9.84 Å². The SMILES string of the molecule is O=C(CSCCCO)OCc1ccccc1. The van der Waals surface area contributed by atoms with E-state index >= 15 is 0 Å². The van der Waals surface area contributed by atoms with Crippen LogP contribution < -0.4 is 0 Å². The molecule has 1 rings (SSSR count). The molecular formula is C12H16O3S. The van der Waals surface area contributed by atoms with E-state index < -0.39 is 0 Å². The first-order valence-electron chi connectivity index (χ1n) is 5.21. The number of rotatable bonds is 7. The maximum atomic E-state index is 11.3. The van der Waals surface area contributed by atoms with E-state index in [2.05, 4.69) is 0 Å². The zero-order chi connectivity index (χ0) is 11.6. The molecule has 0 aliphatic rings. The van der Waals surface area contributed by atoms with Crippen LogP contribution in [0.25, 0.3) is 0 Å². The number of hydrogen-bond acceptors (Lipinski definition) is 4. The Kier molecular flexibility index (Phi) is 6.69. The average molecular weight is 240 g/mol. The van der Waals surface area contributed by atoms with Crippen LogP contribution in [0.15, 0.2) is 30.3 Å². The number of hydrogen-bond donors (Lipinski definition) is 1. The first-order valence-corrected chi connectivity index (χ1v) is 6.36. The zero-order valence-electron chi connectivity index (χ0n) is 9.09. The van der Waals surface area contributed by atoms with E-state index in [1.165, 1.54) is 11.8 Å². The van der Waals surface area contributed by atoms with Crippen molar-refractivity contribution >= 4 is 17.7 Å². The summed E-state index contributed by atoms with van der Waals surface area (Å²) in [5.74, 6) is 0.941. The van der Waals surface area contributed by atoms with Gasteiger partial charge in [-0.2, -0.15) is 11.8 Å². The molecule has 16 heavy (non-hydrogen) atoms. The summed E-state index contributed by atoms with van der Waals surface area (Å²) < 4.78 is 5.09. The number of aliphatic hydroxyl groups is 1. The Morgan fingerprint density at radius 2 is 2.06 bits per heavy atom. The van der Waals surface area contributed by atoms with Gasteiger partial charge in [-0.1, -0.05) is 30.3 Å². The van der Waals surface area contributed by atoms with Crippen molar-refractivity contribution in [3.05, 3.63) is 35.9 Å². The summed E-state index contributed by atoms with van der Waals surface area (Å²) >= 11 is 1.49. The van der Waals surface area contributed by atoms with Gasteiger partial charge in [0, 0.05) is 6.61 Å². The van der Waals surface area contributed by atoms with E-state index in [9.17, 15) is 4.79 Å². The predicted molar refractivity (Wildman–Crippen MR) is 65.3 cm³/mol. The van der Waals surface area contributed by atoms with Gasteiger partial charge in [-0.15, -0.1) is 0 Å². The summed E-state index contributed by atoms with van der Waals surface area (Å²) in [6.45, 7) is 0.506. The highest BCUT2D eigenvalue weighted by Gasteiger charge is 2.02. The molecule has 0 aliphatic carbocycles. The molecule has 3 nitrogen and oxygen atoms in total. The van der Waals surface area contributed by atoms with Crippen LogP contribution in [0.2, 0.25) is 0 Å². The third-order valence-corrected chi connectivity index (χ3v) is 2.93. The molecule has 0 fully saturated rings. The molecule has 0 atom stereocenters. The van der Waals surface area contributed by atoms with Crippen molar-refractivity contribution in [2.24, 2.45) is 0 Å². The molecule has 0 bridgehead atoms. The van der Waals surface area contributed by atoms with Crippen LogP contribution in [0.3, 0.4) is 0 Å². The van der Waals surface area contributed by atoms with Gasteiger partial charge in [0.05, 0.1) is 5.75 Å². The number of thioether (sulfide) groups is 1. The largest absolute Gasteiger partial charge is 0.460 e. The first-order chi connectivity index (χ1) is 7.83. The van der Waals surface area contributed by atoms with Crippen molar-refractivity contribution in [3.8, 4) is 0 Å². The topological polar surface area (TPSA) is 46.5 Å². The molecule has 0 spiro atoms. The van der Waals surface area contributed by atoms with Crippen LogP contribution in [0.5, 0.6) is 0 Å². The third-order valence-electron chi connectivity index (χ3n) is 1.91. The highest BCUT2D eigenvalue weighted by atomic mass is 32.2. The van der Waals surface area contributed by atoms with Crippen LogP contribution in [0.4, 0.5) is 0 Å². The molecule has 1 N–H and O–H groups in total. The summed E-state index contributed by atoms with van der Waals surface area (Å²) in [4.78, 5) is 11.3. The lowest BCUT2D eigenvalue weighted by Gasteiger charge is -2.04. The Hall–Kier alpha value is -1.00. The lowest BCUT2D eigenvalue weighted by atomic mass is 10.2. The van der Waals surface area contributed by atoms with Gasteiger partial charge >= 0.3 is 5.97 Å². The fourth-order valence-electron chi connectivity index (χ4n) is 1.10. The van der Waals surface area contributed by atoms with E-state index in [1.54, 1.807) is 0 Å². The fourth-order valence-corrected chi connectivity index (χ4v) is 1.83. The van der Waals surface area contributed by atoms with Crippen LogP contribution >= 0.6 is 11.8 Å². The highest BCUT2D eigenvalue weighted by Crippen LogP contribution is 2.05. The lowest BCUT2D eigenvalue weighted by molar-refractivity contribution is -0.141. The van der Waals surface area contributed by atoms with Gasteiger partial charge in [-0.05, 0) is 17.7 Å². The van der Waals surface area contributed by atoms with Crippen molar-refractivity contribution in [2.75, 3.05) is 18.1 Å². The Morgan fingerprint density at radius 3 is 2.75 bits per heavy atom. The molecule has 0 amide bonds. The summed E-state index contributed by atoms with van der Waals surface area (Å²) in [5, 5.41) is 8.55. The van der Waals surface area contributed by atoms with Crippen molar-refractivity contribution in [2.45, 2.75) is 13.0 Å². The van der Waals surface area contributed by atoms with Crippen molar-refractivity contribution in [1.82, 2.24) is 0 Å². The van der Waals surface area contributed by atoms with E-state index in [0.717, 1.165) is 17.7 Å². The summed E-state index contributed by atoms with van der Waals surface area (Å²) in [5.41, 5.74) is 0.996. The number of benzene rings is 1. The standard InChI is InChI=1S/C12H16O3S/c13-7-4-8-16-10-12(14)15-9-11-5-2-1-3-6-11/h1-3,5-6,13H,4,7-10H2. The Morgan fingerprint density at radius 1 is 1.31 bits per heavy atom. The van der Waals surface area contributed by atoms with E-state index in [-0.39, 0.29) is 12.6 Å². The van der Waals surface area contributed by atoms with Gasteiger partial charge in [-0.3, -0.25) is 4.79 Å². The molecule has 0 heterocycles. The molecule has 1 aromatic carbocycles. The molecule has 1 aromatic rings. The van der Waals surface area contributed by atoms with Crippen LogP contribution in [0, 0.1) is 0 Å². The second kappa shape index (κ2) is 8.19. The number of carbonyl (C=O) groups excluding carboxylic acids is 1. The summed E-state index contributed by atoms with van der Waals surface area (Å²) in [6.07, 6.45) is 0.719. The van der Waals surface area contributed by atoms with Gasteiger partial charge in [0.2, 0.25) is 0 Å². The summed E-state index contributed by atoms with van der Waals surface area (Å²) in [7, 11) is 0. The number of aliphatic hydroxyl groups excluding tert-OH is 1. The predicted octanol–water partition coefficient (Wildman–Crippen LogP) is 1.85. The maximum absolute atomic E-state index is 11.3. The Bertz CT molecular complexity index is 300. The minimum atomic E-state index is -0.202. The monoisotopic (exact) mass is 240 g/mol. The number of esters is 1. The van der Waals surface area contributed by atoms with E-state index in [0.29, 0.717) is 12.4 Å². The molecule has 88 valence electrons. The Labute approximate surface area is 99.8 Å². The van der Waals surface area contributed by atoms with Crippen molar-refractivity contribution in [3.63, 3.8) is 0 Å². The molecule has 0 unspecified atom stereocenters. The smallest absolute Gasteiger partial charge is 0.316 e. The normalized spacial score (nSPS) is 10.1. The molecule has 0 saturated carbocycles. The highest BCUT2D eigenvalue weighted by molar-refractivity contribution is 7.99.